The van der Waals surface area contributed by atoms with Gasteiger partial charge in [0.15, 0.2) is 6.61 Å². The van der Waals surface area contributed by atoms with Crippen molar-refractivity contribution in [3.63, 3.8) is 0 Å². The number of nitrogens with zero attached hydrogens (tertiary/aromatic N) is 4. The highest BCUT2D eigenvalue weighted by Gasteiger charge is 2.30. The fraction of sp³-hybridized carbons (Fsp3) is 0.208. The van der Waals surface area contributed by atoms with Gasteiger partial charge in [-0.25, -0.2) is 18.4 Å². The number of hydrogen-bond donors (Lipinski definition) is 0. The van der Waals surface area contributed by atoms with Crippen LogP contribution in [0.3, 0.4) is 0 Å². The number of hydrogen-bond acceptors (Lipinski definition) is 7. The van der Waals surface area contributed by atoms with Crippen molar-refractivity contribution in [3.8, 4) is 16.3 Å². The minimum absolute atomic E-state index is 0.173. The first kappa shape index (κ1) is 22.5. The van der Waals surface area contributed by atoms with Crippen molar-refractivity contribution < 1.29 is 17.9 Å². The second-order valence-corrected chi connectivity index (χ2v) is 10.7. The first-order chi connectivity index (χ1) is 16.5. The van der Waals surface area contributed by atoms with Gasteiger partial charge in [0.1, 0.15) is 11.2 Å². The lowest BCUT2D eigenvalue weighted by atomic mass is 10.2. The Balaban J connectivity index is 1.22. The lowest BCUT2D eigenvalue weighted by Crippen LogP contribution is -2.51. The molecule has 0 N–H and O–H groups in total. The van der Waals surface area contributed by atoms with Crippen molar-refractivity contribution in [2.75, 3.05) is 32.8 Å². The Morgan fingerprint density at radius 3 is 2.32 bits per heavy atom. The second-order valence-electron chi connectivity index (χ2n) is 7.76. The number of sulfonamides is 1. The van der Waals surface area contributed by atoms with E-state index >= 15 is 0 Å². The second kappa shape index (κ2) is 9.49. The van der Waals surface area contributed by atoms with Crippen LogP contribution < -0.4 is 4.74 Å². The van der Waals surface area contributed by atoms with Crippen LogP contribution in [0.5, 0.6) is 5.88 Å². The molecule has 10 heteroatoms. The monoisotopic (exact) mass is 494 g/mol. The summed E-state index contributed by atoms with van der Waals surface area (Å²) in [6.07, 6.45) is 1.43. The van der Waals surface area contributed by atoms with Gasteiger partial charge in [-0.2, -0.15) is 4.31 Å². The van der Waals surface area contributed by atoms with Crippen molar-refractivity contribution in [2.45, 2.75) is 4.90 Å². The van der Waals surface area contributed by atoms with Crippen LogP contribution in [-0.4, -0.2) is 66.3 Å². The van der Waals surface area contributed by atoms with Gasteiger partial charge in [0.25, 0.3) is 5.91 Å². The van der Waals surface area contributed by atoms with E-state index in [4.69, 9.17) is 4.74 Å². The van der Waals surface area contributed by atoms with Crippen LogP contribution in [0.25, 0.3) is 20.7 Å². The molecule has 3 heterocycles. The fourth-order valence-electron chi connectivity index (χ4n) is 3.83. The summed E-state index contributed by atoms with van der Waals surface area (Å²) >= 11 is 1.54. The molecule has 1 aliphatic rings. The van der Waals surface area contributed by atoms with Crippen molar-refractivity contribution in [3.05, 3.63) is 73.1 Å². The molecule has 0 radical (unpaired) electrons. The number of ether oxygens (including phenoxy) is 1. The molecular weight excluding hydrogens is 472 g/mol. The first-order valence-electron chi connectivity index (χ1n) is 10.8. The fourth-order valence-corrected chi connectivity index (χ4v) is 6.27. The van der Waals surface area contributed by atoms with Gasteiger partial charge >= 0.3 is 0 Å². The van der Waals surface area contributed by atoms with Crippen LogP contribution in [0.4, 0.5) is 0 Å². The highest BCUT2D eigenvalue weighted by molar-refractivity contribution is 7.89. The van der Waals surface area contributed by atoms with E-state index in [-0.39, 0.29) is 30.5 Å². The van der Waals surface area contributed by atoms with E-state index in [1.165, 1.54) is 22.0 Å². The lowest BCUT2D eigenvalue weighted by Gasteiger charge is -2.33. The molecule has 1 amide bonds. The van der Waals surface area contributed by atoms with E-state index < -0.39 is 10.0 Å². The summed E-state index contributed by atoms with van der Waals surface area (Å²) in [5.74, 6) is 0.157. The van der Waals surface area contributed by atoms with Crippen LogP contribution in [0.2, 0.25) is 0 Å². The third-order valence-electron chi connectivity index (χ3n) is 5.66. The largest absolute Gasteiger partial charge is 0.467 e. The molecule has 1 aliphatic heterocycles. The maximum atomic E-state index is 12.8. The van der Waals surface area contributed by atoms with Gasteiger partial charge in [-0.15, -0.1) is 11.3 Å². The minimum Gasteiger partial charge on any atom is -0.467 e. The Labute approximate surface area is 201 Å². The highest BCUT2D eigenvalue weighted by Crippen LogP contribution is 2.35. The molecule has 174 valence electrons. The molecule has 0 atom stereocenters. The Bertz CT molecular complexity index is 1400. The molecule has 0 bridgehead atoms. The average Bonchev–Trinajstić information content (AvgIpc) is 3.33. The zero-order chi connectivity index (χ0) is 23.5. The number of carbonyl (C=O) groups excluding carboxylic acids is 1. The summed E-state index contributed by atoms with van der Waals surface area (Å²) in [6, 6.07) is 20.3. The van der Waals surface area contributed by atoms with Gasteiger partial charge in [-0.1, -0.05) is 48.5 Å². The standard InChI is InChI=1S/C24H22N4O4S2/c29-22(27-11-13-28(14-12-27)34(30,31)19-9-5-2-6-10-19)16-32-23-20-15-21(18-7-3-1-4-8-18)33-24(20)26-17-25-23/h1-10,15,17H,11-14,16H2. The van der Waals surface area contributed by atoms with Crippen molar-refractivity contribution in [1.29, 1.82) is 0 Å². The van der Waals surface area contributed by atoms with Crippen LogP contribution in [0, 0.1) is 0 Å². The van der Waals surface area contributed by atoms with Gasteiger partial charge in [-0.3, -0.25) is 4.79 Å². The Morgan fingerprint density at radius 2 is 1.62 bits per heavy atom. The van der Waals surface area contributed by atoms with E-state index in [0.29, 0.717) is 19.0 Å². The third-order valence-corrected chi connectivity index (χ3v) is 8.66. The average molecular weight is 495 g/mol. The molecule has 0 aliphatic carbocycles. The van der Waals surface area contributed by atoms with E-state index in [2.05, 4.69) is 9.97 Å². The number of rotatable bonds is 6. The third kappa shape index (κ3) is 4.52. The van der Waals surface area contributed by atoms with Crippen LogP contribution in [-0.2, 0) is 14.8 Å². The molecule has 2 aromatic heterocycles. The summed E-state index contributed by atoms with van der Waals surface area (Å²) in [7, 11) is -3.56. The molecule has 1 saturated heterocycles. The number of piperazine rings is 1. The normalized spacial score (nSPS) is 14.9. The van der Waals surface area contributed by atoms with Gasteiger partial charge in [0.05, 0.1) is 10.3 Å². The Hall–Kier alpha value is -3.34. The number of carbonyl (C=O) groups is 1. The number of amides is 1. The Morgan fingerprint density at radius 1 is 0.941 bits per heavy atom. The molecule has 2 aromatic carbocycles. The number of benzene rings is 2. The molecule has 4 aromatic rings. The summed E-state index contributed by atoms with van der Waals surface area (Å²) < 4.78 is 32.8. The molecule has 0 unspecified atom stereocenters. The maximum Gasteiger partial charge on any atom is 0.260 e. The van der Waals surface area contributed by atoms with E-state index in [1.807, 2.05) is 36.4 Å². The predicted octanol–water partition coefficient (Wildman–Crippen LogP) is 3.27. The first-order valence-corrected chi connectivity index (χ1v) is 13.0. The van der Waals surface area contributed by atoms with Crippen molar-refractivity contribution >= 4 is 37.5 Å². The number of fused-ring (bicyclic) bond motifs is 1. The van der Waals surface area contributed by atoms with Crippen LogP contribution in [0.1, 0.15) is 0 Å². The summed E-state index contributed by atoms with van der Waals surface area (Å²) in [5.41, 5.74) is 1.08. The molecular formula is C24H22N4O4S2. The molecule has 1 fully saturated rings. The summed E-state index contributed by atoms with van der Waals surface area (Å²) in [6.45, 7) is 0.930. The minimum atomic E-state index is -3.56. The van der Waals surface area contributed by atoms with Gasteiger partial charge in [0, 0.05) is 31.1 Å². The van der Waals surface area contributed by atoms with Crippen LogP contribution in [0.15, 0.2) is 78.0 Å². The predicted molar refractivity (Wildman–Crippen MR) is 130 cm³/mol. The smallest absolute Gasteiger partial charge is 0.260 e. The van der Waals surface area contributed by atoms with Gasteiger partial charge < -0.3 is 9.64 Å². The van der Waals surface area contributed by atoms with Gasteiger partial charge in [-0.05, 0) is 23.8 Å². The maximum absolute atomic E-state index is 12.8. The number of thiophene rings is 1. The zero-order valence-electron chi connectivity index (χ0n) is 18.2. The zero-order valence-corrected chi connectivity index (χ0v) is 19.8. The number of aromatic nitrogens is 2. The quantitative estimate of drug-likeness (QED) is 0.409. The molecule has 5 rings (SSSR count). The topological polar surface area (TPSA) is 92.7 Å². The SMILES string of the molecule is O=C(COc1ncnc2sc(-c3ccccc3)cc12)N1CCN(S(=O)(=O)c2ccccc2)CC1. The summed E-state index contributed by atoms with van der Waals surface area (Å²) in [5, 5.41) is 0.762. The van der Waals surface area contributed by atoms with Crippen molar-refractivity contribution in [1.82, 2.24) is 19.2 Å². The molecule has 0 saturated carbocycles. The van der Waals surface area contributed by atoms with Gasteiger partial charge in [0.2, 0.25) is 15.9 Å². The molecule has 0 spiro atoms. The molecule has 34 heavy (non-hydrogen) atoms. The summed E-state index contributed by atoms with van der Waals surface area (Å²) in [4.78, 5) is 25.0. The molecule has 8 nitrogen and oxygen atoms in total. The van der Waals surface area contributed by atoms with E-state index in [1.54, 1.807) is 35.2 Å². The lowest BCUT2D eigenvalue weighted by molar-refractivity contribution is -0.134. The highest BCUT2D eigenvalue weighted by atomic mass is 32.2. The van der Waals surface area contributed by atoms with Crippen molar-refractivity contribution in [2.24, 2.45) is 0 Å². The van der Waals surface area contributed by atoms with E-state index in [0.717, 1.165) is 20.7 Å². The Kier molecular flexibility index (Phi) is 6.27. The van der Waals surface area contributed by atoms with Crippen LogP contribution >= 0.6 is 11.3 Å². The van der Waals surface area contributed by atoms with E-state index in [9.17, 15) is 13.2 Å².